The predicted octanol–water partition coefficient (Wildman–Crippen LogP) is 3.90. The van der Waals surface area contributed by atoms with Crippen LogP contribution in [0.25, 0.3) is 0 Å². The van der Waals surface area contributed by atoms with Gasteiger partial charge in [-0.25, -0.2) is 0 Å². The molecule has 32 heavy (non-hydrogen) atoms. The monoisotopic (exact) mass is 432 g/mol. The summed E-state index contributed by atoms with van der Waals surface area (Å²) >= 11 is 0. The number of amides is 3. The average Bonchev–Trinajstić information content (AvgIpc) is 3.35. The van der Waals surface area contributed by atoms with Crippen LogP contribution in [0.3, 0.4) is 0 Å². The van der Waals surface area contributed by atoms with Crippen LogP contribution in [-0.4, -0.2) is 42.3 Å². The van der Waals surface area contributed by atoms with E-state index in [-0.39, 0.29) is 43.5 Å². The molecule has 0 saturated carbocycles. The maximum absolute atomic E-state index is 12.8. The summed E-state index contributed by atoms with van der Waals surface area (Å²) in [4.78, 5) is 41.4. The van der Waals surface area contributed by atoms with Crippen LogP contribution in [0, 0.1) is 18.3 Å². The minimum Gasteiger partial charge on any atom is -0.339 e. The van der Waals surface area contributed by atoms with Crippen molar-refractivity contribution in [2.45, 2.75) is 39.0 Å². The summed E-state index contributed by atoms with van der Waals surface area (Å²) in [7, 11) is 0. The molecule has 0 radical (unpaired) electrons. The summed E-state index contributed by atoms with van der Waals surface area (Å²) in [5, 5.41) is 11.7. The Labute approximate surface area is 188 Å². The van der Waals surface area contributed by atoms with Crippen LogP contribution >= 0.6 is 0 Å². The minimum atomic E-state index is -0.291. The lowest BCUT2D eigenvalue weighted by Gasteiger charge is -2.22. The first kappa shape index (κ1) is 23.0. The zero-order valence-corrected chi connectivity index (χ0v) is 18.3. The average molecular weight is 433 g/mol. The smallest absolute Gasteiger partial charge is 0.254 e. The molecule has 0 aliphatic carbocycles. The molecule has 2 aromatic rings. The molecule has 3 amide bonds. The van der Waals surface area contributed by atoms with Crippen molar-refractivity contribution >= 4 is 29.1 Å². The van der Waals surface area contributed by atoms with Gasteiger partial charge in [-0.2, -0.15) is 5.26 Å². The van der Waals surface area contributed by atoms with E-state index in [1.807, 2.05) is 42.2 Å². The second-order valence-electron chi connectivity index (χ2n) is 7.81. The Bertz CT molecular complexity index is 1010. The molecule has 7 nitrogen and oxygen atoms in total. The molecule has 1 heterocycles. The summed E-state index contributed by atoms with van der Waals surface area (Å²) in [6, 6.07) is 16.5. The van der Waals surface area contributed by atoms with E-state index in [4.69, 9.17) is 5.26 Å². The van der Waals surface area contributed by atoms with Crippen LogP contribution in [0.4, 0.5) is 11.4 Å². The van der Waals surface area contributed by atoms with Gasteiger partial charge in [-0.15, -0.1) is 0 Å². The van der Waals surface area contributed by atoms with Gasteiger partial charge in [0.05, 0.1) is 12.5 Å². The molecule has 1 saturated heterocycles. The Balaban J connectivity index is 1.61. The molecule has 0 spiro atoms. The predicted molar refractivity (Wildman–Crippen MR) is 123 cm³/mol. The van der Waals surface area contributed by atoms with E-state index in [0.29, 0.717) is 16.9 Å². The fourth-order valence-electron chi connectivity index (χ4n) is 3.83. The number of hydrogen-bond acceptors (Lipinski definition) is 4. The molecule has 1 fully saturated rings. The molecular weight excluding hydrogens is 404 g/mol. The van der Waals surface area contributed by atoms with Gasteiger partial charge in [-0.3, -0.25) is 14.4 Å². The number of rotatable bonds is 8. The van der Waals surface area contributed by atoms with E-state index in [9.17, 15) is 14.4 Å². The number of carbonyl (C=O) groups is 3. The third-order valence-corrected chi connectivity index (χ3v) is 5.61. The van der Waals surface area contributed by atoms with Crippen molar-refractivity contribution in [2.24, 2.45) is 0 Å². The number of para-hydroxylation sites is 1. The second-order valence-corrected chi connectivity index (χ2v) is 7.81. The Hall–Kier alpha value is -3.66. The Kier molecular flexibility index (Phi) is 7.98. The molecule has 3 rings (SSSR count). The van der Waals surface area contributed by atoms with Gasteiger partial charge in [-0.05, 0) is 49.6 Å². The number of nitriles is 1. The van der Waals surface area contributed by atoms with Crippen molar-refractivity contribution in [3.63, 3.8) is 0 Å². The van der Waals surface area contributed by atoms with Crippen molar-refractivity contribution in [3.8, 4) is 6.07 Å². The number of likely N-dealkylation sites (tertiary alicyclic amines) is 1. The highest BCUT2D eigenvalue weighted by molar-refractivity contribution is 6.01. The van der Waals surface area contributed by atoms with Crippen LogP contribution in [0.2, 0.25) is 0 Å². The van der Waals surface area contributed by atoms with E-state index < -0.39 is 0 Å². The molecule has 0 unspecified atom stereocenters. The zero-order valence-electron chi connectivity index (χ0n) is 18.3. The van der Waals surface area contributed by atoms with Gasteiger partial charge in [0.2, 0.25) is 11.8 Å². The molecule has 1 aliphatic heterocycles. The van der Waals surface area contributed by atoms with Gasteiger partial charge in [0.1, 0.15) is 0 Å². The van der Waals surface area contributed by atoms with E-state index in [1.165, 1.54) is 4.90 Å². The summed E-state index contributed by atoms with van der Waals surface area (Å²) in [6.07, 6.45) is 2.28. The maximum Gasteiger partial charge on any atom is 0.254 e. The molecule has 0 bridgehead atoms. The lowest BCUT2D eigenvalue weighted by Crippen LogP contribution is -2.32. The normalized spacial score (nSPS) is 12.8. The van der Waals surface area contributed by atoms with Crippen LogP contribution in [0.15, 0.2) is 48.5 Å². The fraction of sp³-hybridized carbons (Fsp3) is 0.360. The topological polar surface area (TPSA) is 93.5 Å². The highest BCUT2D eigenvalue weighted by Gasteiger charge is 2.22. The third-order valence-electron chi connectivity index (χ3n) is 5.61. The molecular formula is C25H28N4O3. The van der Waals surface area contributed by atoms with E-state index in [0.717, 1.165) is 31.5 Å². The van der Waals surface area contributed by atoms with Gasteiger partial charge in [-0.1, -0.05) is 24.3 Å². The Morgan fingerprint density at radius 2 is 1.75 bits per heavy atom. The van der Waals surface area contributed by atoms with E-state index in [2.05, 4.69) is 11.4 Å². The largest absolute Gasteiger partial charge is 0.339 e. The number of carbonyl (C=O) groups excluding carboxylic acids is 3. The maximum atomic E-state index is 12.8. The molecule has 7 heteroatoms. The van der Waals surface area contributed by atoms with Crippen molar-refractivity contribution in [3.05, 3.63) is 59.7 Å². The van der Waals surface area contributed by atoms with Crippen LogP contribution in [-0.2, 0) is 9.59 Å². The van der Waals surface area contributed by atoms with E-state index in [1.54, 1.807) is 18.2 Å². The standard InChI is InChI=1S/C25H28N4O3/c1-19-21(25(32)28-16-5-6-17-28)11-7-12-22(19)27-23(30)13-14-24(31)29(18-8-15-26)20-9-3-2-4-10-20/h2-4,7,9-12H,5-6,8,13-14,16-18H2,1H3,(H,27,30). The Morgan fingerprint density at radius 1 is 1.03 bits per heavy atom. The fourth-order valence-corrected chi connectivity index (χ4v) is 3.83. The molecule has 2 aromatic carbocycles. The number of hydrogen-bond donors (Lipinski definition) is 1. The number of nitrogens with one attached hydrogen (secondary N) is 1. The van der Waals surface area contributed by atoms with Crippen LogP contribution in [0.5, 0.6) is 0 Å². The molecule has 166 valence electrons. The van der Waals surface area contributed by atoms with Crippen LogP contribution in [0.1, 0.15) is 48.0 Å². The second kappa shape index (κ2) is 11.1. The van der Waals surface area contributed by atoms with E-state index >= 15 is 0 Å². The number of nitrogens with zero attached hydrogens (tertiary/aromatic N) is 3. The van der Waals surface area contributed by atoms with Gasteiger partial charge in [0.25, 0.3) is 5.91 Å². The van der Waals surface area contributed by atoms with Crippen LogP contribution < -0.4 is 10.2 Å². The SMILES string of the molecule is Cc1c(NC(=O)CCC(=O)N(CCC#N)c2ccccc2)cccc1C(=O)N1CCCC1. The van der Waals surface area contributed by atoms with Crippen molar-refractivity contribution in [1.29, 1.82) is 5.26 Å². The molecule has 1 aliphatic rings. The first-order valence-corrected chi connectivity index (χ1v) is 10.9. The van der Waals surface area contributed by atoms with Gasteiger partial charge in [0, 0.05) is 49.4 Å². The highest BCUT2D eigenvalue weighted by Crippen LogP contribution is 2.23. The highest BCUT2D eigenvalue weighted by atomic mass is 16.2. The summed E-state index contributed by atoms with van der Waals surface area (Å²) in [5.41, 5.74) is 2.60. The Morgan fingerprint density at radius 3 is 2.44 bits per heavy atom. The van der Waals surface area contributed by atoms with Crippen molar-refractivity contribution in [1.82, 2.24) is 4.90 Å². The van der Waals surface area contributed by atoms with Gasteiger partial charge >= 0.3 is 0 Å². The molecule has 0 aromatic heterocycles. The van der Waals surface area contributed by atoms with Crippen molar-refractivity contribution < 1.29 is 14.4 Å². The molecule has 0 atom stereocenters. The summed E-state index contributed by atoms with van der Waals surface area (Å²) in [6.45, 7) is 3.63. The summed E-state index contributed by atoms with van der Waals surface area (Å²) in [5.74, 6) is -0.515. The summed E-state index contributed by atoms with van der Waals surface area (Å²) < 4.78 is 0. The number of benzene rings is 2. The number of anilines is 2. The quantitative estimate of drug-likeness (QED) is 0.685. The van der Waals surface area contributed by atoms with Gasteiger partial charge < -0.3 is 15.1 Å². The lowest BCUT2D eigenvalue weighted by atomic mass is 10.1. The first-order valence-electron chi connectivity index (χ1n) is 10.9. The zero-order chi connectivity index (χ0) is 22.9. The third kappa shape index (κ3) is 5.73. The molecule has 1 N–H and O–H groups in total. The van der Waals surface area contributed by atoms with Gasteiger partial charge in [0.15, 0.2) is 0 Å². The minimum absolute atomic E-state index is 0.0118. The van der Waals surface area contributed by atoms with Crippen molar-refractivity contribution in [2.75, 3.05) is 29.9 Å². The lowest BCUT2D eigenvalue weighted by molar-refractivity contribution is -0.122. The first-order chi connectivity index (χ1) is 15.5.